The van der Waals surface area contributed by atoms with Crippen LogP contribution in [0.1, 0.15) is 12.0 Å². The topological polar surface area (TPSA) is 90.0 Å². The van der Waals surface area contributed by atoms with Crippen LogP contribution < -0.4 is 10.9 Å². The van der Waals surface area contributed by atoms with Gasteiger partial charge in [0.1, 0.15) is 23.2 Å². The summed E-state index contributed by atoms with van der Waals surface area (Å²) in [4.78, 5) is 29.1. The smallest absolute Gasteiger partial charge is 0.266 e. The Morgan fingerprint density at radius 2 is 1.97 bits per heavy atom. The molecule has 7 nitrogen and oxygen atoms in total. The van der Waals surface area contributed by atoms with Crippen molar-refractivity contribution in [3.8, 4) is 11.3 Å². The van der Waals surface area contributed by atoms with Crippen LogP contribution >= 0.6 is 0 Å². The van der Waals surface area contributed by atoms with Crippen molar-refractivity contribution in [1.82, 2.24) is 20.0 Å². The largest absolute Gasteiger partial charge is 0.352 e. The summed E-state index contributed by atoms with van der Waals surface area (Å²) in [6.07, 6.45) is 1.42. The Bertz CT molecular complexity index is 1220. The van der Waals surface area contributed by atoms with E-state index in [1.165, 1.54) is 23.0 Å². The fourth-order valence-corrected chi connectivity index (χ4v) is 2.99. The summed E-state index contributed by atoms with van der Waals surface area (Å²) in [5, 5.41) is 6.96. The van der Waals surface area contributed by atoms with E-state index in [2.05, 4.69) is 15.5 Å². The maximum Gasteiger partial charge on any atom is 0.266 e. The summed E-state index contributed by atoms with van der Waals surface area (Å²) in [5.41, 5.74) is 1.66. The predicted molar refractivity (Wildman–Crippen MR) is 104 cm³/mol. The number of carbonyl (C=O) groups is 1. The number of halogens is 1. The van der Waals surface area contributed by atoms with Crippen LogP contribution in [-0.2, 0) is 17.9 Å². The molecule has 8 heteroatoms. The van der Waals surface area contributed by atoms with Gasteiger partial charge in [0.25, 0.3) is 11.3 Å². The molecule has 4 rings (SSSR count). The fraction of sp³-hybridized carbons (Fsp3) is 0.143. The van der Waals surface area contributed by atoms with Crippen molar-refractivity contribution in [3.63, 3.8) is 0 Å². The molecule has 0 saturated carbocycles. The summed E-state index contributed by atoms with van der Waals surface area (Å²) in [7, 11) is 0. The van der Waals surface area contributed by atoms with Gasteiger partial charge in [0, 0.05) is 25.1 Å². The number of rotatable bonds is 6. The minimum absolute atomic E-state index is 0.0777. The van der Waals surface area contributed by atoms with Gasteiger partial charge in [0.05, 0.1) is 0 Å². The number of amides is 1. The third kappa shape index (κ3) is 4.06. The Labute approximate surface area is 164 Å². The highest BCUT2D eigenvalue weighted by atomic mass is 19.1. The van der Waals surface area contributed by atoms with E-state index < -0.39 is 0 Å². The monoisotopic (exact) mass is 392 g/mol. The van der Waals surface area contributed by atoms with Crippen LogP contribution in [0.25, 0.3) is 22.4 Å². The first-order chi connectivity index (χ1) is 14.1. The van der Waals surface area contributed by atoms with Crippen LogP contribution in [0.3, 0.4) is 0 Å². The third-order valence-corrected chi connectivity index (χ3v) is 4.47. The van der Waals surface area contributed by atoms with Crippen molar-refractivity contribution in [2.45, 2.75) is 19.5 Å². The maximum atomic E-state index is 13.2. The van der Waals surface area contributed by atoms with Gasteiger partial charge < -0.3 is 9.84 Å². The van der Waals surface area contributed by atoms with Gasteiger partial charge in [-0.2, -0.15) is 0 Å². The Morgan fingerprint density at radius 1 is 1.14 bits per heavy atom. The molecule has 4 aromatic rings. The number of aromatic nitrogens is 3. The Balaban J connectivity index is 1.48. The third-order valence-electron chi connectivity index (χ3n) is 4.47. The number of hydrogen-bond donors (Lipinski definition) is 1. The number of carbonyl (C=O) groups excluding carboxylic acids is 1. The number of nitrogens with zero attached hydrogens (tertiary/aromatic N) is 3. The van der Waals surface area contributed by atoms with E-state index in [0.29, 0.717) is 11.3 Å². The molecule has 146 valence electrons. The molecule has 0 radical (unpaired) electrons. The number of benzene rings is 2. The van der Waals surface area contributed by atoms with Crippen LogP contribution in [-0.4, -0.2) is 20.6 Å². The molecule has 0 aliphatic carbocycles. The van der Waals surface area contributed by atoms with Crippen molar-refractivity contribution in [3.05, 3.63) is 82.7 Å². The van der Waals surface area contributed by atoms with Crippen molar-refractivity contribution in [1.29, 1.82) is 0 Å². The number of hydrogen-bond acceptors (Lipinski definition) is 5. The molecule has 0 bridgehead atoms. The zero-order valence-electron chi connectivity index (χ0n) is 15.3. The average Bonchev–Trinajstić information content (AvgIpc) is 3.17. The van der Waals surface area contributed by atoms with Gasteiger partial charge in [-0.3, -0.25) is 14.2 Å². The molecule has 0 saturated heterocycles. The number of aryl methyl sites for hydroxylation is 1. The summed E-state index contributed by atoms with van der Waals surface area (Å²) in [5.74, 6) is -0.611. The molecule has 1 amide bonds. The maximum absolute atomic E-state index is 13.2. The molecule has 1 N–H and O–H groups in total. The average molecular weight is 392 g/mol. The van der Waals surface area contributed by atoms with Gasteiger partial charge in [0.2, 0.25) is 5.91 Å². The lowest BCUT2D eigenvalue weighted by Crippen LogP contribution is -2.27. The molecule has 0 aliphatic heterocycles. The molecule has 2 aromatic heterocycles. The van der Waals surface area contributed by atoms with E-state index in [4.69, 9.17) is 4.52 Å². The molecule has 0 fully saturated rings. The van der Waals surface area contributed by atoms with Crippen molar-refractivity contribution in [2.75, 3.05) is 0 Å². The van der Waals surface area contributed by atoms with Gasteiger partial charge in [-0.05, 0) is 17.7 Å². The molecule has 29 heavy (non-hydrogen) atoms. The predicted octanol–water partition coefficient (Wildman–Crippen LogP) is 2.90. The summed E-state index contributed by atoms with van der Waals surface area (Å²) >= 11 is 0. The highest BCUT2D eigenvalue weighted by Crippen LogP contribution is 2.23. The zero-order chi connectivity index (χ0) is 20.2. The van der Waals surface area contributed by atoms with Gasteiger partial charge in [-0.1, -0.05) is 47.6 Å². The fourth-order valence-electron chi connectivity index (χ4n) is 2.99. The van der Waals surface area contributed by atoms with E-state index in [9.17, 15) is 14.0 Å². The molecular weight excluding hydrogens is 375 g/mol. The van der Waals surface area contributed by atoms with Crippen molar-refractivity contribution >= 4 is 17.0 Å². The van der Waals surface area contributed by atoms with Crippen LogP contribution in [0.4, 0.5) is 4.39 Å². The quantitative estimate of drug-likeness (QED) is 0.545. The molecule has 0 aliphatic rings. The summed E-state index contributed by atoms with van der Waals surface area (Å²) < 4.78 is 19.7. The SMILES string of the molecule is O=C(CCn1cnc2onc(-c3ccccc3)c2c1=O)NCc1cccc(F)c1. The zero-order valence-corrected chi connectivity index (χ0v) is 15.3. The minimum atomic E-state index is -0.356. The van der Waals surface area contributed by atoms with E-state index >= 15 is 0 Å². The second-order valence-corrected chi connectivity index (χ2v) is 6.48. The summed E-state index contributed by atoms with van der Waals surface area (Å²) in [6.45, 7) is 0.364. The van der Waals surface area contributed by atoms with E-state index in [1.54, 1.807) is 12.1 Å². The molecule has 2 heterocycles. The molecule has 2 aromatic carbocycles. The van der Waals surface area contributed by atoms with E-state index in [1.807, 2.05) is 30.3 Å². The first-order valence-electron chi connectivity index (χ1n) is 9.03. The second kappa shape index (κ2) is 8.05. The van der Waals surface area contributed by atoms with Crippen LogP contribution in [0.5, 0.6) is 0 Å². The van der Waals surface area contributed by atoms with Gasteiger partial charge >= 0.3 is 0 Å². The van der Waals surface area contributed by atoms with E-state index in [0.717, 1.165) is 5.56 Å². The molecule has 0 spiro atoms. The van der Waals surface area contributed by atoms with Crippen LogP contribution in [0.15, 0.2) is 70.2 Å². The summed E-state index contributed by atoms with van der Waals surface area (Å²) in [6, 6.07) is 15.2. The standard InChI is InChI=1S/C21H17FN4O3/c22-16-8-4-5-14(11-16)12-23-17(27)9-10-26-13-24-20-18(21(26)28)19(25-29-20)15-6-2-1-3-7-15/h1-8,11,13H,9-10,12H2,(H,23,27). The lowest BCUT2D eigenvalue weighted by Gasteiger charge is -2.07. The highest BCUT2D eigenvalue weighted by molar-refractivity contribution is 5.88. The molecular formula is C21H17FN4O3. The number of fused-ring (bicyclic) bond motifs is 1. The minimum Gasteiger partial charge on any atom is -0.352 e. The first-order valence-corrected chi connectivity index (χ1v) is 9.03. The van der Waals surface area contributed by atoms with Crippen LogP contribution in [0, 0.1) is 5.82 Å². The lowest BCUT2D eigenvalue weighted by atomic mass is 10.1. The number of nitrogens with one attached hydrogen (secondary N) is 1. The Kier molecular flexibility index (Phi) is 5.15. The lowest BCUT2D eigenvalue weighted by molar-refractivity contribution is -0.121. The van der Waals surface area contributed by atoms with Crippen molar-refractivity contribution in [2.24, 2.45) is 0 Å². The molecule has 0 atom stereocenters. The van der Waals surface area contributed by atoms with Crippen LogP contribution in [0.2, 0.25) is 0 Å². The van der Waals surface area contributed by atoms with Gasteiger partial charge in [0.15, 0.2) is 0 Å². The highest BCUT2D eigenvalue weighted by Gasteiger charge is 2.17. The van der Waals surface area contributed by atoms with Gasteiger partial charge in [-0.15, -0.1) is 0 Å². The normalized spacial score (nSPS) is 10.9. The van der Waals surface area contributed by atoms with E-state index in [-0.39, 0.29) is 47.9 Å². The Hall–Kier alpha value is -3.81. The molecule has 0 unspecified atom stereocenters. The van der Waals surface area contributed by atoms with Gasteiger partial charge in [-0.25, -0.2) is 9.37 Å². The van der Waals surface area contributed by atoms with Crippen molar-refractivity contribution < 1.29 is 13.7 Å². The first kappa shape index (κ1) is 18.5. The Morgan fingerprint density at radius 3 is 2.76 bits per heavy atom. The second-order valence-electron chi connectivity index (χ2n) is 6.48.